The molecule has 0 bridgehead atoms. The second-order valence-corrected chi connectivity index (χ2v) is 9.71. The predicted molar refractivity (Wildman–Crippen MR) is 153 cm³/mol. The second-order valence-electron chi connectivity index (χ2n) is 9.71. The molecule has 38 heavy (non-hydrogen) atoms. The van der Waals surface area contributed by atoms with E-state index in [0.29, 0.717) is 11.1 Å². The monoisotopic (exact) mass is 506 g/mol. The summed E-state index contributed by atoms with van der Waals surface area (Å²) in [7, 11) is 0. The highest BCUT2D eigenvalue weighted by atomic mass is 16.4. The summed E-state index contributed by atoms with van der Waals surface area (Å²) in [4.78, 5) is 22.0. The number of carboxylic acid groups (broad SMARTS) is 2. The molecule has 5 rings (SSSR count). The molecule has 0 radical (unpaired) electrons. The van der Waals surface area contributed by atoms with Crippen LogP contribution in [0.15, 0.2) is 91.0 Å². The molecule has 1 aliphatic carbocycles. The Morgan fingerprint density at radius 1 is 0.658 bits per heavy atom. The van der Waals surface area contributed by atoms with Crippen LogP contribution in [0, 0.1) is 0 Å². The zero-order chi connectivity index (χ0) is 26.9. The third-order valence-electron chi connectivity index (χ3n) is 7.07. The fourth-order valence-corrected chi connectivity index (χ4v) is 4.96. The van der Waals surface area contributed by atoms with Crippen molar-refractivity contribution in [3.63, 3.8) is 0 Å². The van der Waals surface area contributed by atoms with Gasteiger partial charge in [0, 0.05) is 0 Å². The van der Waals surface area contributed by atoms with Crippen LogP contribution < -0.4 is 0 Å². The first-order chi connectivity index (χ1) is 18.5. The molecule has 2 N–H and O–H groups in total. The van der Waals surface area contributed by atoms with Crippen molar-refractivity contribution < 1.29 is 19.8 Å². The molecular weight excluding hydrogens is 472 g/mol. The van der Waals surface area contributed by atoms with E-state index in [4.69, 9.17) is 10.2 Å². The normalized spacial score (nSPS) is 11.2. The third kappa shape index (κ3) is 6.57. The number of hydrogen-bond donors (Lipinski definition) is 2. The molecule has 0 aliphatic heterocycles. The lowest BCUT2D eigenvalue weighted by Gasteiger charge is -2.05. The van der Waals surface area contributed by atoms with Gasteiger partial charge in [-0.05, 0) is 76.4 Å². The molecule has 4 aromatic rings. The maximum Gasteiger partial charge on any atom is 0.335 e. The van der Waals surface area contributed by atoms with E-state index in [-0.39, 0.29) is 0 Å². The Labute approximate surface area is 224 Å². The summed E-state index contributed by atoms with van der Waals surface area (Å²) in [5.74, 6) is -1.73. The fraction of sp³-hybridized carbons (Fsp3) is 0.235. The Morgan fingerprint density at radius 2 is 1.29 bits per heavy atom. The van der Waals surface area contributed by atoms with Crippen molar-refractivity contribution in [1.29, 1.82) is 0 Å². The molecule has 0 aromatic heterocycles. The van der Waals surface area contributed by atoms with E-state index in [1.54, 1.807) is 18.2 Å². The molecule has 4 nitrogen and oxygen atoms in total. The van der Waals surface area contributed by atoms with Crippen molar-refractivity contribution in [3.05, 3.63) is 119 Å². The van der Waals surface area contributed by atoms with Gasteiger partial charge >= 0.3 is 11.9 Å². The summed E-state index contributed by atoms with van der Waals surface area (Å²) in [6.07, 6.45) is 8.40. The summed E-state index contributed by atoms with van der Waals surface area (Å²) in [5.41, 5.74) is 8.70. The number of carbonyl (C=O) groups is 2. The quantitative estimate of drug-likeness (QED) is 0.196. The molecule has 0 fully saturated rings. The molecule has 0 atom stereocenters. The molecule has 0 spiro atoms. The van der Waals surface area contributed by atoms with Gasteiger partial charge in [-0.25, -0.2) is 9.59 Å². The van der Waals surface area contributed by atoms with Crippen LogP contribution in [0.25, 0.3) is 22.3 Å². The van der Waals surface area contributed by atoms with Crippen molar-refractivity contribution in [2.45, 2.75) is 51.9 Å². The van der Waals surface area contributed by atoms with Gasteiger partial charge in [0.25, 0.3) is 0 Å². The number of unbranched alkanes of at least 4 members (excludes halogenated alkanes) is 4. The first-order valence-electron chi connectivity index (χ1n) is 13.3. The fourth-order valence-electron chi connectivity index (χ4n) is 4.96. The van der Waals surface area contributed by atoms with E-state index >= 15 is 0 Å². The number of benzene rings is 4. The molecule has 1 aliphatic rings. The van der Waals surface area contributed by atoms with Crippen molar-refractivity contribution >= 4 is 11.9 Å². The molecule has 4 aromatic carbocycles. The summed E-state index contributed by atoms with van der Waals surface area (Å²) in [6.45, 7) is 2.24. The zero-order valence-corrected chi connectivity index (χ0v) is 21.8. The van der Waals surface area contributed by atoms with Crippen LogP contribution in [0.5, 0.6) is 0 Å². The van der Waals surface area contributed by atoms with Crippen LogP contribution in [-0.2, 0) is 12.8 Å². The molecule has 0 heterocycles. The lowest BCUT2D eigenvalue weighted by molar-refractivity contribution is 0.0685. The van der Waals surface area contributed by atoms with Gasteiger partial charge in [-0.15, -0.1) is 0 Å². The van der Waals surface area contributed by atoms with Crippen LogP contribution in [0.3, 0.4) is 0 Å². The van der Waals surface area contributed by atoms with Gasteiger partial charge in [-0.3, -0.25) is 0 Å². The average molecular weight is 507 g/mol. The van der Waals surface area contributed by atoms with E-state index in [1.165, 1.54) is 48.8 Å². The lowest BCUT2D eigenvalue weighted by atomic mass is 10.00. The minimum absolute atomic E-state index is 0.326. The Bertz CT molecular complexity index is 1390. The number of hydrogen-bond acceptors (Lipinski definition) is 2. The van der Waals surface area contributed by atoms with E-state index in [9.17, 15) is 9.59 Å². The highest BCUT2D eigenvalue weighted by Gasteiger charge is 2.22. The summed E-state index contributed by atoms with van der Waals surface area (Å²) < 4.78 is 0. The maximum absolute atomic E-state index is 11.1. The van der Waals surface area contributed by atoms with E-state index in [2.05, 4.69) is 37.3 Å². The van der Waals surface area contributed by atoms with Crippen LogP contribution in [0.1, 0.15) is 76.4 Å². The first-order valence-corrected chi connectivity index (χ1v) is 13.3. The van der Waals surface area contributed by atoms with Crippen LogP contribution in [0.4, 0.5) is 0 Å². The van der Waals surface area contributed by atoms with Gasteiger partial charge in [0.15, 0.2) is 0 Å². The Kier molecular flexibility index (Phi) is 9.10. The zero-order valence-electron chi connectivity index (χ0n) is 21.8. The van der Waals surface area contributed by atoms with Gasteiger partial charge in [0.1, 0.15) is 0 Å². The molecule has 0 saturated heterocycles. The number of carboxylic acids is 2. The molecule has 0 unspecified atom stereocenters. The number of aryl methyl sites for hydroxylation is 1. The average Bonchev–Trinajstić information content (AvgIpc) is 3.32. The van der Waals surface area contributed by atoms with Crippen LogP contribution in [0.2, 0.25) is 0 Å². The SMILES string of the molecule is CCCCCCCc1ccc(-c2ccc(C(=O)O)cc2)cc1.O=C(O)c1cccc2c1Cc1ccccc1-2. The third-order valence-corrected chi connectivity index (χ3v) is 7.07. The van der Waals surface area contributed by atoms with Gasteiger partial charge in [-0.2, -0.15) is 0 Å². The van der Waals surface area contributed by atoms with Gasteiger partial charge < -0.3 is 10.2 Å². The predicted octanol–water partition coefficient (Wildman–Crippen LogP) is 8.52. The minimum atomic E-state index is -0.884. The maximum atomic E-state index is 11.1. The molecule has 0 saturated carbocycles. The first kappa shape index (κ1) is 26.9. The van der Waals surface area contributed by atoms with Crippen molar-refractivity contribution in [3.8, 4) is 22.3 Å². The van der Waals surface area contributed by atoms with Gasteiger partial charge in [0.05, 0.1) is 11.1 Å². The second kappa shape index (κ2) is 12.9. The highest BCUT2D eigenvalue weighted by molar-refractivity contribution is 5.94. The van der Waals surface area contributed by atoms with Crippen molar-refractivity contribution in [2.75, 3.05) is 0 Å². The van der Waals surface area contributed by atoms with Crippen LogP contribution in [-0.4, -0.2) is 22.2 Å². The molecule has 194 valence electrons. The molecule has 4 heteroatoms. The Balaban J connectivity index is 0.000000185. The van der Waals surface area contributed by atoms with Crippen molar-refractivity contribution in [1.82, 2.24) is 0 Å². The van der Waals surface area contributed by atoms with Gasteiger partial charge in [-0.1, -0.05) is 105 Å². The number of aromatic carboxylic acids is 2. The Morgan fingerprint density at radius 3 is 1.95 bits per heavy atom. The smallest absolute Gasteiger partial charge is 0.335 e. The molecule has 0 amide bonds. The summed E-state index contributed by atoms with van der Waals surface area (Å²) >= 11 is 0. The highest BCUT2D eigenvalue weighted by Crippen LogP contribution is 2.37. The standard InChI is InChI=1S/C20H24O2.C14H10O2/c1-2-3-4-5-6-7-16-8-10-17(11-9-16)18-12-14-19(15-13-18)20(21)22;15-14(16)12-7-3-6-11-10-5-2-1-4-9(10)8-13(11)12/h8-15H,2-7H2,1H3,(H,21,22);1-7H,8H2,(H,15,16). The Hall–Kier alpha value is -4.18. The van der Waals surface area contributed by atoms with Crippen LogP contribution >= 0.6 is 0 Å². The number of fused-ring (bicyclic) bond motifs is 3. The lowest BCUT2D eigenvalue weighted by Crippen LogP contribution is -2.01. The van der Waals surface area contributed by atoms with Gasteiger partial charge in [0.2, 0.25) is 0 Å². The number of rotatable bonds is 9. The largest absolute Gasteiger partial charge is 0.478 e. The van der Waals surface area contributed by atoms with E-state index in [0.717, 1.165) is 35.1 Å². The van der Waals surface area contributed by atoms with Crippen molar-refractivity contribution in [2.24, 2.45) is 0 Å². The topological polar surface area (TPSA) is 74.6 Å². The minimum Gasteiger partial charge on any atom is -0.478 e. The van der Waals surface area contributed by atoms with E-state index < -0.39 is 11.9 Å². The molecular formula is C34H34O4. The summed E-state index contributed by atoms with van der Waals surface area (Å²) in [6, 6.07) is 29.2. The summed E-state index contributed by atoms with van der Waals surface area (Å²) in [5, 5.41) is 18.0. The van der Waals surface area contributed by atoms with E-state index in [1.807, 2.05) is 42.5 Å².